The number of H-pyrrole nitrogens is 1. The van der Waals surface area contributed by atoms with Crippen molar-refractivity contribution in [1.82, 2.24) is 15.3 Å². The zero-order valence-electron chi connectivity index (χ0n) is 13.5. The summed E-state index contributed by atoms with van der Waals surface area (Å²) in [6.07, 6.45) is 0.651. The van der Waals surface area contributed by atoms with Crippen LogP contribution in [0.1, 0.15) is 26.5 Å². The highest BCUT2D eigenvalue weighted by Crippen LogP contribution is 2.19. The molecule has 1 aromatic rings. The normalized spacial score (nSPS) is 10.8. The lowest BCUT2D eigenvalue weighted by Gasteiger charge is -2.28. The quantitative estimate of drug-likeness (QED) is 0.286. The van der Waals surface area contributed by atoms with Gasteiger partial charge in [-0.1, -0.05) is 4.98 Å². The first-order valence-corrected chi connectivity index (χ1v) is 7.08. The SMILES string of the molecule is CCOC(=O)C(Cc1cnc([N+](=O)[O-])[nH]1)(NC(C)=O)C(=O)OCC. The van der Waals surface area contributed by atoms with Crippen LogP contribution in [0.15, 0.2) is 6.20 Å². The number of hydrogen-bond donors (Lipinski definition) is 2. The van der Waals surface area contributed by atoms with Gasteiger partial charge in [-0.15, -0.1) is 0 Å². The van der Waals surface area contributed by atoms with Crippen LogP contribution in [0.3, 0.4) is 0 Å². The molecule has 1 heterocycles. The summed E-state index contributed by atoms with van der Waals surface area (Å²) in [5.41, 5.74) is -2.09. The Morgan fingerprint density at radius 2 is 1.83 bits per heavy atom. The molecule has 0 aliphatic rings. The van der Waals surface area contributed by atoms with Gasteiger partial charge in [0.15, 0.2) is 0 Å². The van der Waals surface area contributed by atoms with E-state index in [4.69, 9.17) is 9.47 Å². The van der Waals surface area contributed by atoms with Crippen LogP contribution < -0.4 is 5.32 Å². The first-order valence-electron chi connectivity index (χ1n) is 7.08. The number of nitrogens with zero attached hydrogens (tertiary/aromatic N) is 2. The van der Waals surface area contributed by atoms with Crippen LogP contribution in [-0.4, -0.2) is 51.5 Å². The summed E-state index contributed by atoms with van der Waals surface area (Å²) >= 11 is 0. The summed E-state index contributed by atoms with van der Waals surface area (Å²) in [6.45, 7) is 4.10. The molecule has 0 aromatic carbocycles. The van der Waals surface area contributed by atoms with Crippen LogP contribution in [0.4, 0.5) is 5.95 Å². The van der Waals surface area contributed by atoms with Crippen molar-refractivity contribution >= 4 is 23.8 Å². The number of carbonyl (C=O) groups excluding carboxylic acids is 3. The van der Waals surface area contributed by atoms with Crippen molar-refractivity contribution in [3.8, 4) is 0 Å². The van der Waals surface area contributed by atoms with Crippen LogP contribution in [-0.2, 0) is 30.3 Å². The highest BCUT2D eigenvalue weighted by atomic mass is 16.6. The molecule has 132 valence electrons. The van der Waals surface area contributed by atoms with E-state index in [0.29, 0.717) is 0 Å². The highest BCUT2D eigenvalue weighted by molar-refractivity contribution is 6.08. The standard InChI is InChI=1S/C13H18N4O7/c1-4-23-10(19)13(16-8(3)18,11(20)24-5-2)6-9-7-14-12(15-9)17(21)22/h7H,4-6H2,1-3H3,(H,14,15)(H,16,18). The lowest BCUT2D eigenvalue weighted by atomic mass is 9.93. The third-order valence-electron chi connectivity index (χ3n) is 2.88. The van der Waals surface area contributed by atoms with E-state index in [2.05, 4.69) is 15.3 Å². The molecular formula is C13H18N4O7. The third-order valence-corrected chi connectivity index (χ3v) is 2.88. The Balaban J connectivity index is 3.30. The molecule has 0 saturated carbocycles. The second-order valence-electron chi connectivity index (χ2n) is 4.69. The van der Waals surface area contributed by atoms with Gasteiger partial charge < -0.3 is 24.9 Å². The van der Waals surface area contributed by atoms with E-state index in [9.17, 15) is 24.5 Å². The molecule has 1 amide bonds. The number of aromatic amines is 1. The fourth-order valence-electron chi connectivity index (χ4n) is 2.00. The number of rotatable bonds is 8. The van der Waals surface area contributed by atoms with Crippen molar-refractivity contribution in [2.75, 3.05) is 13.2 Å². The minimum Gasteiger partial charge on any atom is -0.464 e. The number of ether oxygens (including phenoxy) is 2. The zero-order chi connectivity index (χ0) is 18.3. The fourth-order valence-corrected chi connectivity index (χ4v) is 2.00. The van der Waals surface area contributed by atoms with E-state index in [-0.39, 0.29) is 18.9 Å². The summed E-state index contributed by atoms with van der Waals surface area (Å²) in [4.78, 5) is 52.0. The van der Waals surface area contributed by atoms with E-state index in [1.807, 2.05) is 0 Å². The van der Waals surface area contributed by atoms with E-state index in [1.54, 1.807) is 0 Å². The van der Waals surface area contributed by atoms with E-state index in [1.165, 1.54) is 13.8 Å². The first-order chi connectivity index (χ1) is 11.3. The molecule has 1 aromatic heterocycles. The van der Waals surface area contributed by atoms with Gasteiger partial charge in [-0.3, -0.25) is 4.79 Å². The average molecular weight is 342 g/mol. The summed E-state index contributed by atoms with van der Waals surface area (Å²) in [6, 6.07) is 0. The van der Waals surface area contributed by atoms with Gasteiger partial charge in [0.05, 0.1) is 19.6 Å². The smallest absolute Gasteiger partial charge is 0.432 e. The minimum absolute atomic E-state index is 0.0390. The summed E-state index contributed by atoms with van der Waals surface area (Å²) in [5, 5.41) is 12.9. The van der Waals surface area contributed by atoms with Gasteiger partial charge in [0, 0.05) is 6.92 Å². The predicted octanol–water partition coefficient (Wildman–Crippen LogP) is -0.138. The molecule has 0 atom stereocenters. The lowest BCUT2D eigenvalue weighted by molar-refractivity contribution is -0.393. The molecular weight excluding hydrogens is 324 g/mol. The Morgan fingerprint density at radius 3 is 2.21 bits per heavy atom. The predicted molar refractivity (Wildman–Crippen MR) is 78.8 cm³/mol. The Bertz CT molecular complexity index is 622. The molecule has 0 saturated heterocycles. The van der Waals surface area contributed by atoms with Crippen molar-refractivity contribution in [3.63, 3.8) is 0 Å². The molecule has 1 rings (SSSR count). The molecule has 0 bridgehead atoms. The minimum atomic E-state index is -2.17. The van der Waals surface area contributed by atoms with Crippen LogP contribution in [0.25, 0.3) is 0 Å². The molecule has 11 heteroatoms. The molecule has 0 aliphatic heterocycles. The van der Waals surface area contributed by atoms with Crippen LogP contribution in [0, 0.1) is 10.1 Å². The Morgan fingerprint density at radius 1 is 1.29 bits per heavy atom. The number of nitrogens with one attached hydrogen (secondary N) is 2. The summed E-state index contributed by atoms with van der Waals surface area (Å²) in [7, 11) is 0. The van der Waals surface area contributed by atoms with E-state index in [0.717, 1.165) is 13.1 Å². The monoisotopic (exact) mass is 342 g/mol. The second kappa shape index (κ2) is 8.04. The molecule has 0 unspecified atom stereocenters. The van der Waals surface area contributed by atoms with Gasteiger partial charge >= 0.3 is 17.9 Å². The fraction of sp³-hybridized carbons (Fsp3) is 0.538. The molecule has 0 aliphatic carbocycles. The number of imidazole rings is 1. The summed E-state index contributed by atoms with van der Waals surface area (Å²) < 4.78 is 9.76. The van der Waals surface area contributed by atoms with E-state index >= 15 is 0 Å². The molecule has 24 heavy (non-hydrogen) atoms. The Labute approximate surface area is 136 Å². The largest absolute Gasteiger partial charge is 0.464 e. The average Bonchev–Trinajstić information content (AvgIpc) is 2.95. The van der Waals surface area contributed by atoms with Gasteiger partial charge in [0.2, 0.25) is 11.4 Å². The van der Waals surface area contributed by atoms with E-state index < -0.39 is 40.7 Å². The third kappa shape index (κ3) is 4.27. The molecule has 0 spiro atoms. The van der Waals surface area contributed by atoms with Gasteiger partial charge in [-0.05, 0) is 18.8 Å². The van der Waals surface area contributed by atoms with Crippen molar-refractivity contribution in [1.29, 1.82) is 0 Å². The van der Waals surface area contributed by atoms with Crippen molar-refractivity contribution < 1.29 is 28.8 Å². The van der Waals surface area contributed by atoms with Crippen molar-refractivity contribution in [3.05, 3.63) is 22.0 Å². The van der Waals surface area contributed by atoms with Crippen molar-refractivity contribution in [2.45, 2.75) is 32.7 Å². The maximum atomic E-state index is 12.4. The zero-order valence-corrected chi connectivity index (χ0v) is 13.5. The van der Waals surface area contributed by atoms with Gasteiger partial charge in [-0.2, -0.15) is 0 Å². The molecule has 11 nitrogen and oxygen atoms in total. The maximum Gasteiger partial charge on any atom is 0.432 e. The molecule has 0 fully saturated rings. The Hall–Kier alpha value is -2.98. The number of nitro groups is 1. The lowest BCUT2D eigenvalue weighted by Crippen LogP contribution is -2.62. The first kappa shape index (κ1) is 19.1. The van der Waals surface area contributed by atoms with Crippen molar-refractivity contribution in [2.24, 2.45) is 0 Å². The van der Waals surface area contributed by atoms with Crippen LogP contribution in [0.5, 0.6) is 0 Å². The van der Waals surface area contributed by atoms with Crippen LogP contribution >= 0.6 is 0 Å². The number of amides is 1. The molecule has 2 N–H and O–H groups in total. The Kier molecular flexibility index (Phi) is 6.38. The highest BCUT2D eigenvalue weighted by Gasteiger charge is 2.51. The second-order valence-corrected chi connectivity index (χ2v) is 4.69. The topological polar surface area (TPSA) is 154 Å². The van der Waals surface area contributed by atoms with Gasteiger partial charge in [0.25, 0.3) is 0 Å². The molecule has 0 radical (unpaired) electrons. The van der Waals surface area contributed by atoms with Crippen LogP contribution in [0.2, 0.25) is 0 Å². The summed E-state index contributed by atoms with van der Waals surface area (Å²) in [5.74, 6) is -3.30. The van der Waals surface area contributed by atoms with Gasteiger partial charge in [0.1, 0.15) is 11.9 Å². The number of hydrogen-bond acceptors (Lipinski definition) is 8. The number of aromatic nitrogens is 2. The van der Waals surface area contributed by atoms with Gasteiger partial charge in [-0.25, -0.2) is 14.6 Å². The maximum absolute atomic E-state index is 12.4. The number of carbonyl (C=O) groups is 3. The number of esters is 2.